The maximum absolute atomic E-state index is 11.9. The molecule has 0 spiro atoms. The second-order valence-electron chi connectivity index (χ2n) is 4.29. The molecule has 20 heavy (non-hydrogen) atoms. The third-order valence-electron chi connectivity index (χ3n) is 2.96. The number of hydrogen-bond donors (Lipinski definition) is 3. The molecule has 0 atom stereocenters. The Labute approximate surface area is 114 Å². The van der Waals surface area contributed by atoms with E-state index in [9.17, 15) is 14.4 Å². The van der Waals surface area contributed by atoms with Gasteiger partial charge in [-0.15, -0.1) is 0 Å². The molecule has 2 rings (SSSR count). The van der Waals surface area contributed by atoms with Gasteiger partial charge in [-0.1, -0.05) is 6.07 Å². The molecular weight excluding hydrogens is 262 g/mol. The highest BCUT2D eigenvalue weighted by Crippen LogP contribution is 2.16. The van der Waals surface area contributed by atoms with Gasteiger partial charge in [-0.3, -0.25) is 9.36 Å². The Balaban J connectivity index is 2.42. The van der Waals surface area contributed by atoms with Crippen LogP contribution in [0.2, 0.25) is 0 Å². The highest BCUT2D eigenvalue weighted by atomic mass is 16.4. The number of rotatable bonds is 5. The molecule has 0 aliphatic heterocycles. The van der Waals surface area contributed by atoms with Crippen LogP contribution in [0.15, 0.2) is 23.0 Å². The standard InChI is InChI=1S/C13H15N3O4/c1-2-14-10(17)6-7-16-11-8(12(18)19)4-3-5-9(11)15-13(16)20/h3-5H,2,6-7H2,1H3,(H,14,17)(H,15,20)(H,18,19). The van der Waals surface area contributed by atoms with Crippen molar-refractivity contribution < 1.29 is 14.7 Å². The van der Waals surface area contributed by atoms with Crippen molar-refractivity contribution in [3.05, 3.63) is 34.2 Å². The number of carboxylic acid groups (broad SMARTS) is 1. The van der Waals surface area contributed by atoms with Gasteiger partial charge >= 0.3 is 11.7 Å². The summed E-state index contributed by atoms with van der Waals surface area (Å²) in [5.41, 5.74) is 0.384. The summed E-state index contributed by atoms with van der Waals surface area (Å²) in [5.74, 6) is -1.29. The normalized spacial score (nSPS) is 10.7. The Morgan fingerprint density at radius 3 is 2.80 bits per heavy atom. The van der Waals surface area contributed by atoms with E-state index in [1.807, 2.05) is 0 Å². The molecule has 0 aliphatic carbocycles. The predicted molar refractivity (Wildman–Crippen MR) is 72.8 cm³/mol. The lowest BCUT2D eigenvalue weighted by atomic mass is 10.2. The largest absolute Gasteiger partial charge is 0.478 e. The van der Waals surface area contributed by atoms with Gasteiger partial charge in [-0.2, -0.15) is 0 Å². The van der Waals surface area contributed by atoms with Crippen LogP contribution in [0.5, 0.6) is 0 Å². The van der Waals surface area contributed by atoms with Gasteiger partial charge in [0.1, 0.15) is 0 Å². The van der Waals surface area contributed by atoms with Gasteiger partial charge < -0.3 is 15.4 Å². The Morgan fingerprint density at radius 2 is 2.15 bits per heavy atom. The molecule has 0 unspecified atom stereocenters. The van der Waals surface area contributed by atoms with Crippen molar-refractivity contribution in [2.24, 2.45) is 0 Å². The number of aromatic carboxylic acids is 1. The number of carboxylic acids is 1. The van der Waals surface area contributed by atoms with Crippen molar-refractivity contribution in [1.29, 1.82) is 0 Å². The molecule has 0 bridgehead atoms. The smallest absolute Gasteiger partial charge is 0.337 e. The molecule has 1 aromatic carbocycles. The van der Waals surface area contributed by atoms with Crippen LogP contribution in [0.25, 0.3) is 11.0 Å². The van der Waals surface area contributed by atoms with Gasteiger partial charge in [0.25, 0.3) is 0 Å². The molecule has 0 fully saturated rings. The summed E-state index contributed by atoms with van der Waals surface area (Å²) < 4.78 is 1.29. The van der Waals surface area contributed by atoms with Gasteiger partial charge in [-0.25, -0.2) is 9.59 Å². The lowest BCUT2D eigenvalue weighted by molar-refractivity contribution is -0.121. The zero-order chi connectivity index (χ0) is 14.7. The minimum atomic E-state index is -1.11. The minimum Gasteiger partial charge on any atom is -0.478 e. The number of imidazole rings is 1. The van der Waals surface area contributed by atoms with Crippen LogP contribution in [-0.2, 0) is 11.3 Å². The SMILES string of the molecule is CCNC(=O)CCn1c(=O)[nH]c2cccc(C(=O)O)c21. The van der Waals surface area contributed by atoms with Gasteiger partial charge in [0.05, 0.1) is 16.6 Å². The second-order valence-corrected chi connectivity index (χ2v) is 4.29. The minimum absolute atomic E-state index is 0.0387. The van der Waals surface area contributed by atoms with Crippen LogP contribution in [0, 0.1) is 0 Å². The molecule has 0 saturated heterocycles. The number of aromatic amines is 1. The quantitative estimate of drug-likeness (QED) is 0.742. The van der Waals surface area contributed by atoms with Crippen LogP contribution in [0.3, 0.4) is 0 Å². The molecule has 0 saturated carbocycles. The molecule has 7 nitrogen and oxygen atoms in total. The number of aryl methyl sites for hydroxylation is 1. The molecule has 1 heterocycles. The molecule has 3 N–H and O–H groups in total. The number of carbonyl (C=O) groups excluding carboxylic acids is 1. The van der Waals surface area contributed by atoms with Crippen molar-refractivity contribution in [2.75, 3.05) is 6.54 Å². The maximum atomic E-state index is 11.9. The summed E-state index contributed by atoms with van der Waals surface area (Å²) in [7, 11) is 0. The maximum Gasteiger partial charge on any atom is 0.337 e. The zero-order valence-electron chi connectivity index (χ0n) is 11.0. The van der Waals surface area contributed by atoms with Gasteiger partial charge in [-0.05, 0) is 19.1 Å². The van der Waals surface area contributed by atoms with E-state index in [0.29, 0.717) is 17.6 Å². The number of H-pyrrole nitrogens is 1. The van der Waals surface area contributed by atoms with E-state index in [2.05, 4.69) is 10.3 Å². The number of nitrogens with zero attached hydrogens (tertiary/aromatic N) is 1. The number of amides is 1. The number of aromatic nitrogens is 2. The van der Waals surface area contributed by atoms with E-state index in [1.54, 1.807) is 19.1 Å². The number of carbonyl (C=O) groups is 2. The van der Waals surface area contributed by atoms with Gasteiger partial charge in [0.2, 0.25) is 5.91 Å². The molecule has 0 radical (unpaired) electrons. The number of hydrogen-bond acceptors (Lipinski definition) is 3. The molecular formula is C13H15N3O4. The third kappa shape index (κ3) is 2.56. The van der Waals surface area contributed by atoms with Crippen LogP contribution < -0.4 is 11.0 Å². The van der Waals surface area contributed by atoms with E-state index < -0.39 is 11.7 Å². The Hall–Kier alpha value is -2.57. The third-order valence-corrected chi connectivity index (χ3v) is 2.96. The fourth-order valence-corrected chi connectivity index (χ4v) is 2.10. The van der Waals surface area contributed by atoms with Gasteiger partial charge in [0, 0.05) is 19.5 Å². The van der Waals surface area contributed by atoms with E-state index in [1.165, 1.54) is 10.6 Å². The summed E-state index contributed by atoms with van der Waals surface area (Å²) in [4.78, 5) is 37.1. The van der Waals surface area contributed by atoms with E-state index in [-0.39, 0.29) is 24.4 Å². The lowest BCUT2D eigenvalue weighted by Gasteiger charge is -2.05. The zero-order valence-corrected chi connectivity index (χ0v) is 11.0. The van der Waals surface area contributed by atoms with Crippen LogP contribution in [0.1, 0.15) is 23.7 Å². The summed E-state index contributed by atoms with van der Waals surface area (Å²) in [6, 6.07) is 4.63. The number of benzene rings is 1. The first-order chi connectivity index (χ1) is 9.54. The van der Waals surface area contributed by atoms with E-state index in [0.717, 1.165) is 0 Å². The molecule has 106 valence electrons. The summed E-state index contributed by atoms with van der Waals surface area (Å²) in [6.07, 6.45) is 0.120. The Bertz CT molecular complexity index is 714. The van der Waals surface area contributed by atoms with Crippen LogP contribution in [-0.4, -0.2) is 33.1 Å². The molecule has 1 aromatic heterocycles. The first-order valence-electron chi connectivity index (χ1n) is 6.26. The lowest BCUT2D eigenvalue weighted by Crippen LogP contribution is -2.26. The average molecular weight is 277 g/mol. The number of nitrogens with one attached hydrogen (secondary N) is 2. The highest BCUT2D eigenvalue weighted by Gasteiger charge is 2.15. The molecule has 7 heteroatoms. The first kappa shape index (κ1) is 13.9. The van der Waals surface area contributed by atoms with Crippen molar-refractivity contribution in [3.8, 4) is 0 Å². The Morgan fingerprint density at radius 1 is 1.40 bits per heavy atom. The van der Waals surface area contributed by atoms with Crippen molar-refractivity contribution >= 4 is 22.9 Å². The second kappa shape index (κ2) is 5.60. The van der Waals surface area contributed by atoms with E-state index in [4.69, 9.17) is 5.11 Å². The summed E-state index contributed by atoms with van der Waals surface area (Å²) >= 11 is 0. The van der Waals surface area contributed by atoms with E-state index >= 15 is 0 Å². The molecule has 2 aromatic rings. The predicted octanol–water partition coefficient (Wildman–Crippen LogP) is 0.554. The summed E-state index contributed by atoms with van der Waals surface area (Å²) in [5, 5.41) is 11.8. The monoisotopic (exact) mass is 277 g/mol. The average Bonchev–Trinajstić information content (AvgIpc) is 2.72. The van der Waals surface area contributed by atoms with Crippen molar-refractivity contribution in [1.82, 2.24) is 14.9 Å². The topological polar surface area (TPSA) is 104 Å². The molecule has 1 amide bonds. The van der Waals surface area contributed by atoms with Crippen LogP contribution >= 0.6 is 0 Å². The van der Waals surface area contributed by atoms with Crippen LogP contribution in [0.4, 0.5) is 0 Å². The fourth-order valence-electron chi connectivity index (χ4n) is 2.10. The Kier molecular flexibility index (Phi) is 3.88. The number of para-hydroxylation sites is 1. The first-order valence-corrected chi connectivity index (χ1v) is 6.26. The highest BCUT2D eigenvalue weighted by molar-refractivity contribution is 6.01. The van der Waals surface area contributed by atoms with Crippen molar-refractivity contribution in [2.45, 2.75) is 19.9 Å². The van der Waals surface area contributed by atoms with Crippen molar-refractivity contribution in [3.63, 3.8) is 0 Å². The molecule has 0 aliphatic rings. The van der Waals surface area contributed by atoms with Gasteiger partial charge in [0.15, 0.2) is 0 Å². The fraction of sp³-hybridized carbons (Fsp3) is 0.308. The summed E-state index contributed by atoms with van der Waals surface area (Å²) in [6.45, 7) is 2.45. The number of fused-ring (bicyclic) bond motifs is 1.